The molecule has 1 heterocycles. The van der Waals surface area contributed by atoms with E-state index < -0.39 is 0 Å². The van der Waals surface area contributed by atoms with E-state index >= 15 is 0 Å². The predicted molar refractivity (Wildman–Crippen MR) is 84.4 cm³/mol. The molecule has 0 aliphatic rings. The molecule has 0 spiro atoms. The molecule has 0 amide bonds. The van der Waals surface area contributed by atoms with Crippen LogP contribution in [-0.2, 0) is 0 Å². The minimum absolute atomic E-state index is 0.0996. The van der Waals surface area contributed by atoms with Crippen LogP contribution in [0.3, 0.4) is 0 Å². The van der Waals surface area contributed by atoms with Gasteiger partial charge in [0, 0.05) is 16.0 Å². The maximum absolute atomic E-state index is 12.7. The third-order valence-electron chi connectivity index (χ3n) is 3.18. The van der Waals surface area contributed by atoms with Gasteiger partial charge >= 0.3 is 0 Å². The minimum Gasteiger partial charge on any atom is -0.288 e. The van der Waals surface area contributed by atoms with Gasteiger partial charge in [-0.3, -0.25) is 4.79 Å². The summed E-state index contributed by atoms with van der Waals surface area (Å²) in [5, 5.41) is 0. The zero-order valence-electron chi connectivity index (χ0n) is 11.2. The Morgan fingerprint density at radius 3 is 2.15 bits per heavy atom. The highest BCUT2D eigenvalue weighted by Crippen LogP contribution is 2.32. The first-order valence-corrected chi connectivity index (χ1v) is 7.33. The normalized spacial score (nSPS) is 10.4. The van der Waals surface area contributed by atoms with Gasteiger partial charge in [0.05, 0.1) is 4.88 Å². The van der Waals surface area contributed by atoms with E-state index in [1.54, 1.807) is 11.3 Å². The van der Waals surface area contributed by atoms with Crippen molar-refractivity contribution in [2.75, 3.05) is 0 Å². The fraction of sp³-hybridized carbons (Fsp3) is 0.0556. The van der Waals surface area contributed by atoms with Crippen molar-refractivity contribution in [2.45, 2.75) is 6.92 Å². The standard InChI is InChI=1S/C18H14OS/c1-13-12-16(14-8-4-2-5-9-14)18(20-13)17(19)15-10-6-3-7-11-15/h2-12H,1H3. The van der Waals surface area contributed by atoms with Crippen LogP contribution in [0.1, 0.15) is 20.1 Å². The molecule has 0 bridgehead atoms. The topological polar surface area (TPSA) is 17.1 Å². The van der Waals surface area contributed by atoms with E-state index in [4.69, 9.17) is 0 Å². The molecule has 3 aromatic rings. The van der Waals surface area contributed by atoms with E-state index in [9.17, 15) is 4.79 Å². The zero-order chi connectivity index (χ0) is 13.9. The minimum atomic E-state index is 0.0996. The Morgan fingerprint density at radius 1 is 0.900 bits per heavy atom. The van der Waals surface area contributed by atoms with E-state index in [0.29, 0.717) is 0 Å². The van der Waals surface area contributed by atoms with E-state index in [1.807, 2.05) is 67.6 Å². The molecule has 0 aliphatic carbocycles. The summed E-state index contributed by atoms with van der Waals surface area (Å²) in [6.45, 7) is 2.04. The summed E-state index contributed by atoms with van der Waals surface area (Å²) in [6, 6.07) is 21.6. The number of hydrogen-bond acceptors (Lipinski definition) is 2. The van der Waals surface area contributed by atoms with Crippen LogP contribution in [0.15, 0.2) is 66.7 Å². The van der Waals surface area contributed by atoms with Gasteiger partial charge in [-0.05, 0) is 18.6 Å². The summed E-state index contributed by atoms with van der Waals surface area (Å²) in [5.74, 6) is 0.0996. The molecule has 2 heteroatoms. The van der Waals surface area contributed by atoms with Crippen molar-refractivity contribution >= 4 is 17.1 Å². The van der Waals surface area contributed by atoms with Gasteiger partial charge in [-0.15, -0.1) is 11.3 Å². The molecule has 3 rings (SSSR count). The van der Waals surface area contributed by atoms with Gasteiger partial charge in [-0.25, -0.2) is 0 Å². The highest BCUT2D eigenvalue weighted by molar-refractivity contribution is 7.14. The van der Waals surface area contributed by atoms with Crippen LogP contribution in [0, 0.1) is 6.92 Å². The van der Waals surface area contributed by atoms with E-state index in [2.05, 4.69) is 6.07 Å². The molecule has 1 aromatic heterocycles. The number of benzene rings is 2. The molecule has 0 aliphatic heterocycles. The SMILES string of the molecule is Cc1cc(-c2ccccc2)c(C(=O)c2ccccc2)s1. The fourth-order valence-electron chi connectivity index (χ4n) is 2.24. The van der Waals surface area contributed by atoms with Crippen molar-refractivity contribution in [1.29, 1.82) is 0 Å². The second-order valence-electron chi connectivity index (χ2n) is 4.66. The lowest BCUT2D eigenvalue weighted by molar-refractivity contribution is 0.104. The Hall–Kier alpha value is -2.19. The average Bonchev–Trinajstić information content (AvgIpc) is 2.90. The third-order valence-corrected chi connectivity index (χ3v) is 4.23. The number of ketones is 1. The molecule has 0 N–H and O–H groups in total. The van der Waals surface area contributed by atoms with Crippen molar-refractivity contribution in [3.8, 4) is 11.1 Å². The first-order valence-electron chi connectivity index (χ1n) is 6.51. The van der Waals surface area contributed by atoms with Gasteiger partial charge in [0.15, 0.2) is 0 Å². The largest absolute Gasteiger partial charge is 0.288 e. The van der Waals surface area contributed by atoms with Crippen LogP contribution in [0.4, 0.5) is 0 Å². The van der Waals surface area contributed by atoms with Gasteiger partial charge in [0.1, 0.15) is 0 Å². The molecule has 98 valence electrons. The molecule has 0 radical (unpaired) electrons. The molecule has 2 aromatic carbocycles. The molecular formula is C18H14OS. The smallest absolute Gasteiger partial charge is 0.203 e. The first-order chi connectivity index (χ1) is 9.75. The second-order valence-corrected chi connectivity index (χ2v) is 5.92. The molecule has 1 nitrogen and oxygen atoms in total. The summed E-state index contributed by atoms with van der Waals surface area (Å²) in [7, 11) is 0. The van der Waals surface area contributed by atoms with Crippen LogP contribution in [-0.4, -0.2) is 5.78 Å². The number of carbonyl (C=O) groups is 1. The Labute approximate surface area is 122 Å². The number of aryl methyl sites for hydroxylation is 1. The van der Waals surface area contributed by atoms with E-state index in [0.717, 1.165) is 26.4 Å². The highest BCUT2D eigenvalue weighted by Gasteiger charge is 2.17. The van der Waals surface area contributed by atoms with Crippen molar-refractivity contribution in [2.24, 2.45) is 0 Å². The average molecular weight is 278 g/mol. The monoisotopic (exact) mass is 278 g/mol. The van der Waals surface area contributed by atoms with Crippen LogP contribution in [0.25, 0.3) is 11.1 Å². The Balaban J connectivity index is 2.09. The van der Waals surface area contributed by atoms with Crippen molar-refractivity contribution < 1.29 is 4.79 Å². The van der Waals surface area contributed by atoms with Gasteiger partial charge in [0.2, 0.25) is 5.78 Å². The molecule has 0 unspecified atom stereocenters. The lowest BCUT2D eigenvalue weighted by atomic mass is 10.0. The maximum atomic E-state index is 12.7. The lowest BCUT2D eigenvalue weighted by Crippen LogP contribution is -1.99. The summed E-state index contributed by atoms with van der Waals surface area (Å²) >= 11 is 1.56. The highest BCUT2D eigenvalue weighted by atomic mass is 32.1. The van der Waals surface area contributed by atoms with E-state index in [1.165, 1.54) is 0 Å². The molecule has 0 fully saturated rings. The van der Waals surface area contributed by atoms with Crippen molar-refractivity contribution in [3.05, 3.63) is 82.0 Å². The number of thiophene rings is 1. The molecule has 20 heavy (non-hydrogen) atoms. The predicted octanol–water partition coefficient (Wildman–Crippen LogP) is 4.95. The molecule has 0 saturated heterocycles. The number of rotatable bonds is 3. The van der Waals surface area contributed by atoms with Gasteiger partial charge in [-0.2, -0.15) is 0 Å². The second kappa shape index (κ2) is 5.43. The van der Waals surface area contributed by atoms with Crippen LogP contribution in [0.2, 0.25) is 0 Å². The third kappa shape index (κ3) is 2.43. The van der Waals surface area contributed by atoms with Crippen LogP contribution >= 0.6 is 11.3 Å². The van der Waals surface area contributed by atoms with Crippen LogP contribution < -0.4 is 0 Å². The molecular weight excluding hydrogens is 264 g/mol. The summed E-state index contributed by atoms with van der Waals surface area (Å²) in [6.07, 6.45) is 0. The summed E-state index contributed by atoms with van der Waals surface area (Å²) in [4.78, 5) is 14.6. The maximum Gasteiger partial charge on any atom is 0.203 e. The Bertz CT molecular complexity index is 727. The Morgan fingerprint density at radius 2 is 1.50 bits per heavy atom. The van der Waals surface area contributed by atoms with Gasteiger partial charge in [-0.1, -0.05) is 60.7 Å². The zero-order valence-corrected chi connectivity index (χ0v) is 12.0. The summed E-state index contributed by atoms with van der Waals surface area (Å²) in [5.41, 5.74) is 2.87. The van der Waals surface area contributed by atoms with Crippen LogP contribution in [0.5, 0.6) is 0 Å². The number of carbonyl (C=O) groups excluding carboxylic acids is 1. The fourth-order valence-corrected chi connectivity index (χ4v) is 3.23. The lowest BCUT2D eigenvalue weighted by Gasteiger charge is -2.03. The molecule has 0 saturated carbocycles. The van der Waals surface area contributed by atoms with Gasteiger partial charge < -0.3 is 0 Å². The van der Waals surface area contributed by atoms with Crippen molar-refractivity contribution in [3.63, 3.8) is 0 Å². The van der Waals surface area contributed by atoms with E-state index in [-0.39, 0.29) is 5.78 Å². The number of hydrogen-bond donors (Lipinski definition) is 0. The van der Waals surface area contributed by atoms with Crippen molar-refractivity contribution in [1.82, 2.24) is 0 Å². The molecule has 0 atom stereocenters. The quantitative estimate of drug-likeness (QED) is 0.619. The first kappa shape index (κ1) is 12.8. The Kier molecular flexibility index (Phi) is 3.48. The van der Waals surface area contributed by atoms with Gasteiger partial charge in [0.25, 0.3) is 0 Å². The summed E-state index contributed by atoms with van der Waals surface area (Å²) < 4.78 is 0.